The summed E-state index contributed by atoms with van der Waals surface area (Å²) in [6.45, 7) is 5.15. The first-order valence-electron chi connectivity index (χ1n) is 5.99. The maximum Gasteiger partial charge on any atom is 0.269 e. The molecule has 4 heteroatoms. The molecule has 1 aromatic heterocycles. The third kappa shape index (κ3) is 5.82. The van der Waals surface area contributed by atoms with Crippen LogP contribution in [0.25, 0.3) is 0 Å². The fraction of sp³-hybridized carbons (Fsp3) is 0.538. The molecule has 17 heavy (non-hydrogen) atoms. The molecule has 1 rings (SSSR count). The van der Waals surface area contributed by atoms with Gasteiger partial charge in [-0.2, -0.15) is 0 Å². The lowest BCUT2D eigenvalue weighted by atomic mass is 10.1. The zero-order chi connectivity index (χ0) is 12.7. The number of nitrogens with zero attached hydrogens (tertiary/aromatic N) is 1. The summed E-state index contributed by atoms with van der Waals surface area (Å²) in [4.78, 5) is 15.7. The summed E-state index contributed by atoms with van der Waals surface area (Å²) >= 11 is 3.29. The van der Waals surface area contributed by atoms with Crippen molar-refractivity contribution in [2.45, 2.75) is 33.1 Å². The van der Waals surface area contributed by atoms with E-state index in [0.717, 1.165) is 29.8 Å². The van der Waals surface area contributed by atoms with Gasteiger partial charge >= 0.3 is 0 Å². The van der Waals surface area contributed by atoms with Gasteiger partial charge < -0.3 is 5.32 Å². The number of pyridine rings is 1. The number of hydrogen-bond donors (Lipinski definition) is 1. The van der Waals surface area contributed by atoms with Gasteiger partial charge in [0.1, 0.15) is 5.69 Å². The second kappa shape index (κ2) is 7.43. The van der Waals surface area contributed by atoms with Crippen molar-refractivity contribution in [3.63, 3.8) is 0 Å². The molecule has 0 aromatic carbocycles. The smallest absolute Gasteiger partial charge is 0.269 e. The molecule has 0 saturated heterocycles. The van der Waals surface area contributed by atoms with E-state index in [4.69, 9.17) is 0 Å². The zero-order valence-corrected chi connectivity index (χ0v) is 12.0. The van der Waals surface area contributed by atoms with Gasteiger partial charge in [0.25, 0.3) is 5.91 Å². The minimum Gasteiger partial charge on any atom is -0.351 e. The van der Waals surface area contributed by atoms with E-state index in [9.17, 15) is 4.79 Å². The lowest BCUT2D eigenvalue weighted by Crippen LogP contribution is -2.25. The second-order valence-corrected chi connectivity index (χ2v) is 5.42. The molecule has 1 heterocycles. The van der Waals surface area contributed by atoms with Crippen LogP contribution < -0.4 is 5.32 Å². The molecule has 0 saturated carbocycles. The topological polar surface area (TPSA) is 42.0 Å². The van der Waals surface area contributed by atoms with E-state index in [-0.39, 0.29) is 5.91 Å². The number of halogens is 1. The van der Waals surface area contributed by atoms with Crippen molar-refractivity contribution in [2.24, 2.45) is 5.92 Å². The van der Waals surface area contributed by atoms with E-state index in [0.29, 0.717) is 5.69 Å². The Hall–Kier alpha value is -0.900. The van der Waals surface area contributed by atoms with Crippen LogP contribution in [0.5, 0.6) is 0 Å². The Morgan fingerprint density at radius 3 is 2.76 bits per heavy atom. The predicted molar refractivity (Wildman–Crippen MR) is 73.0 cm³/mol. The van der Waals surface area contributed by atoms with Crippen molar-refractivity contribution in [3.05, 3.63) is 28.5 Å². The third-order valence-corrected chi connectivity index (χ3v) is 2.92. The summed E-state index contributed by atoms with van der Waals surface area (Å²) in [6, 6.07) is 3.54. The van der Waals surface area contributed by atoms with Gasteiger partial charge in [-0.25, -0.2) is 4.98 Å². The highest BCUT2D eigenvalue weighted by molar-refractivity contribution is 9.10. The lowest BCUT2D eigenvalue weighted by molar-refractivity contribution is 0.0948. The van der Waals surface area contributed by atoms with Gasteiger partial charge in [-0.1, -0.05) is 26.7 Å². The molecular weight excluding hydrogens is 280 g/mol. The summed E-state index contributed by atoms with van der Waals surface area (Å²) < 4.78 is 0.881. The highest BCUT2D eigenvalue weighted by atomic mass is 79.9. The number of rotatable bonds is 6. The second-order valence-electron chi connectivity index (χ2n) is 4.51. The highest BCUT2D eigenvalue weighted by Gasteiger charge is 2.05. The summed E-state index contributed by atoms with van der Waals surface area (Å²) in [5.41, 5.74) is 0.469. The van der Waals surface area contributed by atoms with E-state index in [1.807, 2.05) is 6.07 Å². The molecule has 1 amide bonds. The van der Waals surface area contributed by atoms with Crippen molar-refractivity contribution >= 4 is 21.8 Å². The van der Waals surface area contributed by atoms with Crippen molar-refractivity contribution in [1.29, 1.82) is 0 Å². The van der Waals surface area contributed by atoms with Gasteiger partial charge in [0.2, 0.25) is 0 Å². The Morgan fingerprint density at radius 1 is 1.41 bits per heavy atom. The van der Waals surface area contributed by atoms with Crippen LogP contribution in [0.4, 0.5) is 0 Å². The van der Waals surface area contributed by atoms with Gasteiger partial charge in [-0.05, 0) is 40.4 Å². The van der Waals surface area contributed by atoms with Crippen LogP contribution in [0.2, 0.25) is 0 Å². The molecular formula is C13H19BrN2O. The normalized spacial score (nSPS) is 10.6. The van der Waals surface area contributed by atoms with Crippen LogP contribution in [0, 0.1) is 5.92 Å². The summed E-state index contributed by atoms with van der Waals surface area (Å²) in [5.74, 6) is 0.640. The first-order valence-corrected chi connectivity index (χ1v) is 6.78. The molecule has 1 aromatic rings. The highest BCUT2D eigenvalue weighted by Crippen LogP contribution is 2.08. The Labute approximate surface area is 111 Å². The Morgan fingerprint density at radius 2 is 2.18 bits per heavy atom. The maximum atomic E-state index is 11.7. The Kier molecular flexibility index (Phi) is 6.19. The molecule has 0 atom stereocenters. The quantitative estimate of drug-likeness (QED) is 0.818. The molecule has 1 N–H and O–H groups in total. The minimum absolute atomic E-state index is 0.0953. The average Bonchev–Trinajstić information content (AvgIpc) is 2.29. The first-order chi connectivity index (χ1) is 8.09. The maximum absolute atomic E-state index is 11.7. The van der Waals surface area contributed by atoms with E-state index in [1.165, 1.54) is 6.42 Å². The Bertz CT molecular complexity index is 349. The zero-order valence-electron chi connectivity index (χ0n) is 10.4. The summed E-state index contributed by atoms with van der Waals surface area (Å²) in [6.07, 6.45) is 5.03. The molecule has 0 radical (unpaired) electrons. The van der Waals surface area contributed by atoms with Crippen LogP contribution in [-0.4, -0.2) is 17.4 Å². The van der Waals surface area contributed by atoms with Crippen molar-refractivity contribution in [3.8, 4) is 0 Å². The molecule has 0 fully saturated rings. The largest absolute Gasteiger partial charge is 0.351 e. The summed E-state index contributed by atoms with van der Waals surface area (Å²) in [5, 5.41) is 2.88. The molecule has 0 aliphatic rings. The van der Waals surface area contributed by atoms with Crippen molar-refractivity contribution in [2.75, 3.05) is 6.54 Å². The number of unbranched alkanes of at least 4 members (excludes halogenated alkanes) is 1. The van der Waals surface area contributed by atoms with Gasteiger partial charge in [0.05, 0.1) is 0 Å². The van der Waals surface area contributed by atoms with E-state index in [2.05, 4.69) is 40.1 Å². The van der Waals surface area contributed by atoms with Crippen molar-refractivity contribution in [1.82, 2.24) is 10.3 Å². The molecule has 94 valence electrons. The van der Waals surface area contributed by atoms with E-state index in [1.54, 1.807) is 12.3 Å². The number of amides is 1. The number of carbonyl (C=O) groups excluding carboxylic acids is 1. The van der Waals surface area contributed by atoms with Gasteiger partial charge in [0, 0.05) is 17.2 Å². The average molecular weight is 299 g/mol. The molecule has 0 bridgehead atoms. The van der Waals surface area contributed by atoms with E-state index >= 15 is 0 Å². The first kappa shape index (κ1) is 14.2. The molecule has 0 aliphatic heterocycles. The van der Waals surface area contributed by atoms with Gasteiger partial charge in [-0.15, -0.1) is 0 Å². The van der Waals surface area contributed by atoms with Crippen molar-refractivity contribution < 1.29 is 4.79 Å². The third-order valence-electron chi connectivity index (χ3n) is 2.45. The Balaban J connectivity index is 2.23. The fourth-order valence-corrected chi connectivity index (χ4v) is 1.71. The van der Waals surface area contributed by atoms with Gasteiger partial charge in [0.15, 0.2) is 0 Å². The van der Waals surface area contributed by atoms with Crippen LogP contribution in [0.1, 0.15) is 43.6 Å². The minimum atomic E-state index is -0.0953. The molecule has 3 nitrogen and oxygen atoms in total. The monoisotopic (exact) mass is 298 g/mol. The standard InChI is InChI=1S/C13H19BrN2O/c1-10(2)5-3-4-8-15-13(17)12-7-6-11(14)9-16-12/h6-7,9-10H,3-5,8H2,1-2H3,(H,15,17). The predicted octanol–water partition coefficient (Wildman–Crippen LogP) is 3.40. The molecule has 0 unspecified atom stereocenters. The number of hydrogen-bond acceptors (Lipinski definition) is 2. The number of carbonyl (C=O) groups is 1. The molecule has 0 aliphatic carbocycles. The summed E-state index contributed by atoms with van der Waals surface area (Å²) in [7, 11) is 0. The van der Waals surface area contributed by atoms with Crippen LogP contribution >= 0.6 is 15.9 Å². The number of nitrogens with one attached hydrogen (secondary N) is 1. The van der Waals surface area contributed by atoms with Crippen LogP contribution in [0.3, 0.4) is 0 Å². The van der Waals surface area contributed by atoms with Crippen LogP contribution in [-0.2, 0) is 0 Å². The fourth-order valence-electron chi connectivity index (χ4n) is 1.48. The molecule has 0 spiro atoms. The SMILES string of the molecule is CC(C)CCCCNC(=O)c1ccc(Br)cn1. The lowest BCUT2D eigenvalue weighted by Gasteiger charge is -2.06. The van der Waals surface area contributed by atoms with Gasteiger partial charge in [-0.3, -0.25) is 4.79 Å². The van der Waals surface area contributed by atoms with E-state index < -0.39 is 0 Å². The van der Waals surface area contributed by atoms with Crippen LogP contribution in [0.15, 0.2) is 22.8 Å². The number of aromatic nitrogens is 1.